The summed E-state index contributed by atoms with van der Waals surface area (Å²) in [7, 11) is 0. The second-order valence-corrected chi connectivity index (χ2v) is 6.56. The Bertz CT molecular complexity index is 847. The minimum atomic E-state index is -0.315. The fourth-order valence-corrected chi connectivity index (χ4v) is 3.76. The fraction of sp³-hybridized carbons (Fsp3) is 0.235. The van der Waals surface area contributed by atoms with Crippen LogP contribution in [0.15, 0.2) is 48.0 Å². The molecule has 3 heterocycles. The van der Waals surface area contributed by atoms with Crippen LogP contribution in [0.4, 0.5) is 0 Å². The number of nitrogens with zero attached hydrogens (tertiary/aromatic N) is 4. The molecule has 114 valence electrons. The molecule has 0 spiro atoms. The van der Waals surface area contributed by atoms with Gasteiger partial charge in [0.1, 0.15) is 11.0 Å². The molecule has 1 aliphatic carbocycles. The minimum absolute atomic E-state index is 0.315. The Labute approximate surface area is 137 Å². The number of nitroso groups, excluding NO2 is 1. The molecule has 0 aliphatic heterocycles. The maximum atomic E-state index is 11.1. The van der Waals surface area contributed by atoms with Crippen molar-refractivity contribution in [2.75, 3.05) is 0 Å². The average Bonchev–Trinajstić information content (AvgIpc) is 3.11. The molecule has 0 bridgehead atoms. The zero-order valence-corrected chi connectivity index (χ0v) is 13.2. The van der Waals surface area contributed by atoms with E-state index in [4.69, 9.17) is 4.98 Å². The molecule has 0 aromatic carbocycles. The van der Waals surface area contributed by atoms with Gasteiger partial charge in [0, 0.05) is 24.2 Å². The van der Waals surface area contributed by atoms with Gasteiger partial charge in [-0.1, -0.05) is 11.2 Å². The van der Waals surface area contributed by atoms with Crippen LogP contribution >= 0.6 is 11.3 Å². The maximum absolute atomic E-state index is 11.1. The van der Waals surface area contributed by atoms with E-state index in [-0.39, 0.29) is 6.04 Å². The second kappa shape index (κ2) is 5.96. The average molecular weight is 322 g/mol. The number of fused-ring (bicyclic) bond motifs is 1. The van der Waals surface area contributed by atoms with Gasteiger partial charge in [0.2, 0.25) is 0 Å². The summed E-state index contributed by atoms with van der Waals surface area (Å²) in [5.74, 6) is 0. The molecule has 5 nitrogen and oxygen atoms in total. The molecule has 0 saturated carbocycles. The number of aryl methyl sites for hydroxylation is 1. The normalized spacial score (nSPS) is 16.8. The standard InChI is InChI=1S/C17H14N4OS/c22-21-14-5-1-3-11-6-7-13(20-16(11)14)15-10-19-17(23-15)12-4-2-8-18-9-12/h2,4,6-10,14H,1,3,5H2. The van der Waals surface area contributed by atoms with Gasteiger partial charge in [-0.05, 0) is 43.0 Å². The highest BCUT2D eigenvalue weighted by atomic mass is 32.1. The quantitative estimate of drug-likeness (QED) is 0.670. The van der Waals surface area contributed by atoms with E-state index < -0.39 is 0 Å². The highest BCUT2D eigenvalue weighted by Crippen LogP contribution is 2.35. The van der Waals surface area contributed by atoms with Crippen LogP contribution in [0.5, 0.6) is 0 Å². The van der Waals surface area contributed by atoms with Crippen molar-refractivity contribution in [3.8, 4) is 21.1 Å². The molecule has 6 heteroatoms. The molecule has 0 N–H and O–H groups in total. The van der Waals surface area contributed by atoms with Crippen LogP contribution in [0.3, 0.4) is 0 Å². The lowest BCUT2D eigenvalue weighted by Crippen LogP contribution is -2.10. The Morgan fingerprint density at radius 3 is 3.00 bits per heavy atom. The number of hydrogen-bond donors (Lipinski definition) is 0. The van der Waals surface area contributed by atoms with E-state index in [0.717, 1.165) is 51.7 Å². The number of thiazole rings is 1. The first-order valence-electron chi connectivity index (χ1n) is 7.54. The SMILES string of the molecule is O=NC1CCCc2ccc(-c3cnc(-c4cccnc4)s3)nc21. The van der Waals surface area contributed by atoms with Crippen LogP contribution in [0.25, 0.3) is 21.1 Å². The van der Waals surface area contributed by atoms with Gasteiger partial charge >= 0.3 is 0 Å². The van der Waals surface area contributed by atoms with Crippen LogP contribution in [0, 0.1) is 4.91 Å². The molecule has 3 aromatic heterocycles. The summed E-state index contributed by atoms with van der Waals surface area (Å²) in [5.41, 5.74) is 3.82. The largest absolute Gasteiger partial charge is 0.264 e. The van der Waals surface area contributed by atoms with Crippen molar-refractivity contribution in [1.29, 1.82) is 0 Å². The summed E-state index contributed by atoms with van der Waals surface area (Å²) in [4.78, 5) is 25.3. The number of pyridine rings is 2. The lowest BCUT2D eigenvalue weighted by molar-refractivity contribution is 0.554. The zero-order valence-electron chi connectivity index (χ0n) is 12.3. The predicted octanol–water partition coefficient (Wildman–Crippen LogP) is 4.41. The summed E-state index contributed by atoms with van der Waals surface area (Å²) in [5, 5.41) is 4.16. The Hall–Kier alpha value is -2.47. The van der Waals surface area contributed by atoms with Crippen LogP contribution in [-0.2, 0) is 6.42 Å². The molecule has 4 rings (SSSR count). The lowest BCUT2D eigenvalue weighted by Gasteiger charge is -2.19. The van der Waals surface area contributed by atoms with Crippen molar-refractivity contribution in [3.63, 3.8) is 0 Å². The monoisotopic (exact) mass is 322 g/mol. The molecule has 1 unspecified atom stereocenters. The molecule has 3 aromatic rings. The summed E-state index contributed by atoms with van der Waals surface area (Å²) >= 11 is 1.58. The van der Waals surface area contributed by atoms with Crippen molar-refractivity contribution in [1.82, 2.24) is 15.0 Å². The number of aromatic nitrogens is 3. The van der Waals surface area contributed by atoms with Crippen molar-refractivity contribution < 1.29 is 0 Å². The Balaban J connectivity index is 1.72. The summed E-state index contributed by atoms with van der Waals surface area (Å²) in [6.45, 7) is 0. The summed E-state index contributed by atoms with van der Waals surface area (Å²) < 4.78 is 0. The van der Waals surface area contributed by atoms with Gasteiger partial charge in [-0.2, -0.15) is 4.91 Å². The molecule has 1 aliphatic rings. The first kappa shape index (κ1) is 14.1. The van der Waals surface area contributed by atoms with Gasteiger partial charge in [-0.25, -0.2) is 9.97 Å². The molecule has 23 heavy (non-hydrogen) atoms. The number of hydrogen-bond acceptors (Lipinski definition) is 6. The molecule has 0 radical (unpaired) electrons. The molecular weight excluding hydrogens is 308 g/mol. The van der Waals surface area contributed by atoms with E-state index in [1.54, 1.807) is 23.7 Å². The highest BCUT2D eigenvalue weighted by molar-refractivity contribution is 7.18. The Kier molecular flexibility index (Phi) is 3.67. The summed E-state index contributed by atoms with van der Waals surface area (Å²) in [6.07, 6.45) is 8.13. The van der Waals surface area contributed by atoms with Crippen molar-refractivity contribution >= 4 is 11.3 Å². The van der Waals surface area contributed by atoms with Crippen molar-refractivity contribution in [2.24, 2.45) is 5.18 Å². The number of rotatable bonds is 3. The maximum Gasteiger partial charge on any atom is 0.134 e. The third-order valence-corrected chi connectivity index (χ3v) is 5.11. The van der Waals surface area contributed by atoms with Gasteiger partial charge in [0.25, 0.3) is 0 Å². The molecule has 0 fully saturated rings. The van der Waals surface area contributed by atoms with E-state index in [2.05, 4.69) is 21.2 Å². The predicted molar refractivity (Wildman–Crippen MR) is 90.1 cm³/mol. The van der Waals surface area contributed by atoms with E-state index in [0.29, 0.717) is 0 Å². The van der Waals surface area contributed by atoms with Gasteiger partial charge in [0.15, 0.2) is 0 Å². The zero-order chi connectivity index (χ0) is 15.6. The Morgan fingerprint density at radius 2 is 2.17 bits per heavy atom. The van der Waals surface area contributed by atoms with Crippen LogP contribution in [-0.4, -0.2) is 15.0 Å². The van der Waals surface area contributed by atoms with E-state index in [9.17, 15) is 4.91 Å². The molecular formula is C17H14N4OS. The van der Waals surface area contributed by atoms with E-state index in [1.807, 2.05) is 24.4 Å². The minimum Gasteiger partial charge on any atom is -0.264 e. The smallest absolute Gasteiger partial charge is 0.134 e. The third-order valence-electron chi connectivity index (χ3n) is 4.05. The van der Waals surface area contributed by atoms with Gasteiger partial charge in [0.05, 0.1) is 16.3 Å². The van der Waals surface area contributed by atoms with Gasteiger partial charge in [-0.15, -0.1) is 11.3 Å². The fourth-order valence-electron chi connectivity index (χ4n) is 2.88. The van der Waals surface area contributed by atoms with Gasteiger partial charge in [-0.3, -0.25) is 4.98 Å². The van der Waals surface area contributed by atoms with Gasteiger partial charge < -0.3 is 0 Å². The lowest BCUT2D eigenvalue weighted by atomic mass is 9.92. The van der Waals surface area contributed by atoms with Crippen LogP contribution < -0.4 is 0 Å². The van der Waals surface area contributed by atoms with E-state index >= 15 is 0 Å². The Morgan fingerprint density at radius 1 is 1.22 bits per heavy atom. The summed E-state index contributed by atoms with van der Waals surface area (Å²) in [6, 6.07) is 7.64. The molecule has 0 saturated heterocycles. The third kappa shape index (κ3) is 2.66. The van der Waals surface area contributed by atoms with Crippen molar-refractivity contribution in [2.45, 2.75) is 25.3 Å². The molecule has 1 atom stereocenters. The van der Waals surface area contributed by atoms with Crippen molar-refractivity contribution in [3.05, 3.63) is 59.0 Å². The first-order valence-corrected chi connectivity index (χ1v) is 8.35. The highest BCUT2D eigenvalue weighted by Gasteiger charge is 2.23. The molecule has 0 amide bonds. The second-order valence-electron chi connectivity index (χ2n) is 5.53. The van der Waals surface area contributed by atoms with Crippen LogP contribution in [0.2, 0.25) is 0 Å². The van der Waals surface area contributed by atoms with Crippen LogP contribution in [0.1, 0.15) is 30.1 Å². The first-order chi connectivity index (χ1) is 11.3. The van der Waals surface area contributed by atoms with E-state index in [1.165, 1.54) is 0 Å². The topological polar surface area (TPSA) is 68.1 Å².